The molecule has 12 heavy (non-hydrogen) atoms. The Hall–Kier alpha value is 0.570. The summed E-state index contributed by atoms with van der Waals surface area (Å²) in [5.74, 6) is -2.54. The molecule has 0 aliphatic carbocycles. The summed E-state index contributed by atoms with van der Waals surface area (Å²) in [5, 5.41) is 23.8. The molecule has 6 nitrogen and oxygen atoms in total. The first kappa shape index (κ1) is 29.4. The van der Waals surface area contributed by atoms with Crippen LogP contribution in [0.3, 0.4) is 0 Å². The van der Waals surface area contributed by atoms with Gasteiger partial charge in [-0.1, -0.05) is 0 Å². The van der Waals surface area contributed by atoms with E-state index in [4.69, 9.17) is 25.2 Å². The molecule has 0 amide bonds. The molecule has 0 fully saturated rings. The van der Waals surface area contributed by atoms with E-state index in [1.165, 1.54) is 0 Å². The van der Waals surface area contributed by atoms with Gasteiger partial charge in [0.15, 0.2) is 0 Å². The Morgan fingerprint density at radius 3 is 1.33 bits per heavy atom. The van der Waals surface area contributed by atoms with Crippen LogP contribution in [0.15, 0.2) is 0 Å². The van der Waals surface area contributed by atoms with Crippen molar-refractivity contribution in [3.05, 3.63) is 0 Å². The van der Waals surface area contributed by atoms with E-state index in [-0.39, 0.29) is 70.8 Å². The van der Waals surface area contributed by atoms with Gasteiger partial charge in [-0.15, -0.1) is 0 Å². The van der Waals surface area contributed by atoms with E-state index in [0.717, 1.165) is 6.92 Å². The van der Waals surface area contributed by atoms with Crippen molar-refractivity contribution in [2.24, 2.45) is 0 Å². The van der Waals surface area contributed by atoms with Crippen molar-refractivity contribution in [2.45, 2.75) is 6.92 Å². The Morgan fingerprint density at radius 1 is 1.25 bits per heavy atom. The second-order valence-electron chi connectivity index (χ2n) is 0.955. The van der Waals surface area contributed by atoms with Crippen molar-refractivity contribution in [1.29, 1.82) is 5.41 Å². The van der Waals surface area contributed by atoms with Crippen molar-refractivity contribution in [1.82, 2.24) is 0 Å². The first-order valence-electron chi connectivity index (χ1n) is 1.89. The summed E-state index contributed by atoms with van der Waals surface area (Å²) in [6.07, 6.45) is 0.222. The van der Waals surface area contributed by atoms with Gasteiger partial charge in [0.1, 0.15) is 0 Å². The number of carbonyl (C=O) groups excluding carboxylic acids is 2. The molecule has 0 rings (SSSR count). The maximum atomic E-state index is 9.01. The van der Waals surface area contributed by atoms with Gasteiger partial charge in [-0.2, -0.15) is 0 Å². The van der Waals surface area contributed by atoms with E-state index in [2.05, 4.69) is 0 Å². The number of carbonyl (C=O) groups is 2. The summed E-state index contributed by atoms with van der Waals surface area (Å²) < 4.78 is 0. The summed E-state index contributed by atoms with van der Waals surface area (Å²) in [6, 6.07) is 0. The van der Waals surface area contributed by atoms with E-state index in [0.29, 0.717) is 0 Å². The Balaban J connectivity index is -0.0000000221. The Labute approximate surface area is 114 Å². The minimum Gasteiger partial charge on any atom is -0.550 e. The monoisotopic (exact) mass is 195 g/mol. The quantitative estimate of drug-likeness (QED) is 0.328. The fourth-order valence-electron chi connectivity index (χ4n) is 0. The van der Waals surface area contributed by atoms with Crippen molar-refractivity contribution < 1.29 is 84.4 Å². The average molecular weight is 195 g/mol. The molecule has 0 spiro atoms. The summed E-state index contributed by atoms with van der Waals surface area (Å²) in [4.78, 5) is 17.9. The van der Waals surface area contributed by atoms with Gasteiger partial charge in [0.05, 0.1) is 5.97 Å². The molecule has 0 saturated heterocycles. The number of rotatable bonds is 1. The van der Waals surface area contributed by atoms with Gasteiger partial charge in [0.25, 0.3) is 0 Å². The largest absolute Gasteiger partial charge is 1.00 e. The van der Waals surface area contributed by atoms with Crippen LogP contribution in [0.25, 0.3) is 0 Å². The summed E-state index contributed by atoms with van der Waals surface area (Å²) in [5.41, 5.74) is 0. The van der Waals surface area contributed by atoms with E-state index < -0.39 is 11.9 Å². The van der Waals surface area contributed by atoms with Crippen LogP contribution in [0.1, 0.15) is 6.92 Å². The molecular formula is C4H7NNa2O5. The van der Waals surface area contributed by atoms with E-state index >= 15 is 0 Å². The van der Waals surface area contributed by atoms with Gasteiger partial charge in [0, 0.05) is 12.2 Å². The van der Waals surface area contributed by atoms with Crippen LogP contribution in [0, 0.1) is 5.41 Å². The van der Waals surface area contributed by atoms with Crippen LogP contribution >= 0.6 is 0 Å². The smallest absolute Gasteiger partial charge is 0.550 e. The minimum absolute atomic E-state index is 0. The maximum absolute atomic E-state index is 9.01. The van der Waals surface area contributed by atoms with Gasteiger partial charge < -0.3 is 30.7 Å². The molecule has 0 aromatic heterocycles. The number of carboxylic acid groups (broad SMARTS) is 2. The summed E-state index contributed by atoms with van der Waals surface area (Å²) >= 11 is 0. The van der Waals surface area contributed by atoms with Gasteiger partial charge >= 0.3 is 59.1 Å². The second kappa shape index (κ2) is 22.6. The third-order valence-corrected chi connectivity index (χ3v) is 0.118. The standard InChI is InChI=1S/C2H3NO2.C2H4O2.2Na.H2O/c3-1-2(4)5;1-2(3)4;;;/h1,3H,(H,4,5);1H3,(H,3,4);;;1H2/q;;2*+1;/p-2. The topological polar surface area (TPSA) is 136 Å². The number of nitrogens with one attached hydrogen (secondary N) is 1. The van der Waals surface area contributed by atoms with Gasteiger partial charge in [0.2, 0.25) is 0 Å². The van der Waals surface area contributed by atoms with Crippen LogP contribution in [0.4, 0.5) is 0 Å². The van der Waals surface area contributed by atoms with Crippen LogP contribution in [0.2, 0.25) is 0 Å². The molecule has 0 saturated carbocycles. The predicted octanol–water partition coefficient (Wildman–Crippen LogP) is -9.67. The van der Waals surface area contributed by atoms with Crippen molar-refractivity contribution in [2.75, 3.05) is 0 Å². The second-order valence-corrected chi connectivity index (χ2v) is 0.955. The third kappa shape index (κ3) is 147. The van der Waals surface area contributed by atoms with E-state index in [9.17, 15) is 0 Å². The van der Waals surface area contributed by atoms with Crippen molar-refractivity contribution >= 4 is 18.2 Å². The zero-order valence-corrected chi connectivity index (χ0v) is 11.2. The summed E-state index contributed by atoms with van der Waals surface area (Å²) in [7, 11) is 0. The fourth-order valence-corrected chi connectivity index (χ4v) is 0. The first-order valence-corrected chi connectivity index (χ1v) is 1.89. The Morgan fingerprint density at radius 2 is 1.33 bits per heavy atom. The maximum Gasteiger partial charge on any atom is 1.00 e. The number of carboxylic acids is 2. The normalized spacial score (nSPS) is 4.75. The number of hydrogen-bond donors (Lipinski definition) is 1. The average Bonchev–Trinajstić information content (AvgIpc) is 1.65. The fraction of sp³-hybridized carbons (Fsp3) is 0.250. The van der Waals surface area contributed by atoms with Crippen molar-refractivity contribution in [3.8, 4) is 0 Å². The molecule has 0 aromatic rings. The molecule has 0 aliphatic rings. The molecule has 0 heterocycles. The van der Waals surface area contributed by atoms with E-state index in [1.54, 1.807) is 0 Å². The number of aliphatic carboxylic acids is 2. The molecule has 60 valence electrons. The molecule has 0 aliphatic heterocycles. The zero-order chi connectivity index (χ0) is 7.86. The Kier molecular flexibility index (Phi) is 55.2. The summed E-state index contributed by atoms with van der Waals surface area (Å²) in [6.45, 7) is 0.972. The Bertz CT molecular complexity index is 125. The molecule has 0 aromatic carbocycles. The van der Waals surface area contributed by atoms with Gasteiger partial charge in [-0.05, 0) is 6.92 Å². The minimum atomic E-state index is -1.45. The zero-order valence-electron chi connectivity index (χ0n) is 7.21. The van der Waals surface area contributed by atoms with Crippen LogP contribution in [0.5, 0.6) is 0 Å². The molecular weight excluding hydrogens is 188 g/mol. The number of hydrogen-bond acceptors (Lipinski definition) is 5. The SMILES string of the molecule is CC(=O)[O-].N=CC(=O)[O-].O.[Na+].[Na+]. The van der Waals surface area contributed by atoms with Gasteiger partial charge in [-0.25, -0.2) is 0 Å². The van der Waals surface area contributed by atoms with Crippen LogP contribution < -0.4 is 69.3 Å². The van der Waals surface area contributed by atoms with Gasteiger partial charge in [-0.3, -0.25) is 0 Å². The third-order valence-electron chi connectivity index (χ3n) is 0.118. The predicted molar refractivity (Wildman–Crippen MR) is 28.1 cm³/mol. The van der Waals surface area contributed by atoms with Crippen LogP contribution in [-0.4, -0.2) is 23.6 Å². The van der Waals surface area contributed by atoms with Crippen molar-refractivity contribution in [3.63, 3.8) is 0 Å². The molecule has 3 N–H and O–H groups in total. The molecule has 0 atom stereocenters. The molecule has 0 unspecified atom stereocenters. The van der Waals surface area contributed by atoms with Crippen LogP contribution in [-0.2, 0) is 9.59 Å². The van der Waals surface area contributed by atoms with E-state index in [1.807, 2.05) is 0 Å². The first-order chi connectivity index (χ1) is 4.00. The molecule has 0 radical (unpaired) electrons. The molecule has 8 heteroatoms. The molecule has 0 bridgehead atoms.